The second-order valence-corrected chi connectivity index (χ2v) is 4.36. The molecular formula is C12H26N2O2. The maximum absolute atomic E-state index is 5.67. The molecule has 0 aliphatic heterocycles. The van der Waals surface area contributed by atoms with E-state index in [1.54, 1.807) is 7.11 Å². The second-order valence-electron chi connectivity index (χ2n) is 4.36. The van der Waals surface area contributed by atoms with E-state index in [1.807, 2.05) is 6.92 Å². The predicted octanol–water partition coefficient (Wildman–Crippen LogP) is 0.851. The van der Waals surface area contributed by atoms with Gasteiger partial charge in [-0.05, 0) is 26.2 Å². The van der Waals surface area contributed by atoms with Crippen LogP contribution in [-0.2, 0) is 9.47 Å². The van der Waals surface area contributed by atoms with E-state index in [9.17, 15) is 0 Å². The van der Waals surface area contributed by atoms with E-state index in [-0.39, 0.29) is 6.10 Å². The van der Waals surface area contributed by atoms with Crippen LogP contribution in [0.4, 0.5) is 0 Å². The van der Waals surface area contributed by atoms with E-state index in [2.05, 4.69) is 4.90 Å². The van der Waals surface area contributed by atoms with Gasteiger partial charge in [-0.2, -0.15) is 0 Å². The zero-order valence-electron chi connectivity index (χ0n) is 10.7. The number of hydrogen-bond acceptors (Lipinski definition) is 4. The molecule has 1 fully saturated rings. The first kappa shape index (κ1) is 13.9. The van der Waals surface area contributed by atoms with Gasteiger partial charge in [-0.15, -0.1) is 0 Å². The third kappa shape index (κ3) is 5.25. The van der Waals surface area contributed by atoms with Crippen molar-refractivity contribution in [3.63, 3.8) is 0 Å². The summed E-state index contributed by atoms with van der Waals surface area (Å²) in [4.78, 5) is 2.51. The molecule has 1 saturated carbocycles. The highest BCUT2D eigenvalue weighted by molar-refractivity contribution is 4.84. The molecule has 0 spiro atoms. The van der Waals surface area contributed by atoms with Gasteiger partial charge in [0.15, 0.2) is 0 Å². The zero-order chi connectivity index (χ0) is 11.8. The van der Waals surface area contributed by atoms with E-state index in [1.165, 1.54) is 12.8 Å². The summed E-state index contributed by atoms with van der Waals surface area (Å²) in [6.45, 7) is 6.32. The Bertz CT molecular complexity index is 174. The third-order valence-electron chi connectivity index (χ3n) is 3.05. The first-order chi connectivity index (χ1) is 7.81. The van der Waals surface area contributed by atoms with Crippen LogP contribution in [0.2, 0.25) is 0 Å². The lowest BCUT2D eigenvalue weighted by molar-refractivity contribution is 0.0502. The second kappa shape index (κ2) is 8.01. The van der Waals surface area contributed by atoms with E-state index in [0.717, 1.165) is 38.8 Å². The van der Waals surface area contributed by atoms with Gasteiger partial charge in [-0.3, -0.25) is 4.90 Å². The summed E-state index contributed by atoms with van der Waals surface area (Å²) in [6.07, 6.45) is 3.93. The fourth-order valence-corrected chi connectivity index (χ4v) is 1.94. The molecule has 0 aromatic carbocycles. The first-order valence-electron chi connectivity index (χ1n) is 6.36. The Labute approximate surface area is 99.1 Å². The van der Waals surface area contributed by atoms with E-state index < -0.39 is 0 Å². The Morgan fingerprint density at radius 3 is 2.62 bits per heavy atom. The molecular weight excluding hydrogens is 204 g/mol. The lowest BCUT2D eigenvalue weighted by Crippen LogP contribution is -2.35. The average Bonchev–Trinajstić information content (AvgIpc) is 3.11. The molecule has 96 valence electrons. The number of nitrogens with zero attached hydrogens (tertiary/aromatic N) is 1. The number of methoxy groups -OCH3 is 1. The molecule has 1 aliphatic carbocycles. The SMILES string of the molecule is CCOC(CN)CCN(CCOC)C1CC1. The number of hydrogen-bond donors (Lipinski definition) is 1. The quantitative estimate of drug-likeness (QED) is 0.604. The van der Waals surface area contributed by atoms with Gasteiger partial charge in [-0.1, -0.05) is 0 Å². The minimum atomic E-state index is 0.216. The average molecular weight is 230 g/mol. The van der Waals surface area contributed by atoms with Gasteiger partial charge in [0.2, 0.25) is 0 Å². The van der Waals surface area contributed by atoms with E-state index in [0.29, 0.717) is 6.54 Å². The molecule has 0 amide bonds. The largest absolute Gasteiger partial charge is 0.383 e. The van der Waals surface area contributed by atoms with Crippen LogP contribution < -0.4 is 5.73 Å². The van der Waals surface area contributed by atoms with Gasteiger partial charge in [0.1, 0.15) is 0 Å². The Hall–Kier alpha value is -0.160. The monoisotopic (exact) mass is 230 g/mol. The Balaban J connectivity index is 2.19. The standard InChI is InChI=1S/C12H26N2O2/c1-3-16-12(10-13)6-7-14(8-9-15-2)11-4-5-11/h11-12H,3-10,13H2,1-2H3. The van der Waals surface area contributed by atoms with Crippen molar-refractivity contribution in [2.24, 2.45) is 5.73 Å². The summed E-state index contributed by atoms with van der Waals surface area (Å²) >= 11 is 0. The highest BCUT2D eigenvalue weighted by Crippen LogP contribution is 2.26. The number of nitrogens with two attached hydrogens (primary N) is 1. The van der Waals surface area contributed by atoms with E-state index >= 15 is 0 Å². The molecule has 2 N–H and O–H groups in total. The molecule has 0 aromatic rings. The Kier molecular flexibility index (Phi) is 6.96. The molecule has 0 radical (unpaired) electrons. The third-order valence-corrected chi connectivity index (χ3v) is 3.05. The summed E-state index contributed by atoms with van der Waals surface area (Å²) in [5, 5.41) is 0. The molecule has 0 heterocycles. The lowest BCUT2D eigenvalue weighted by atomic mass is 10.2. The van der Waals surface area contributed by atoms with Crippen LogP contribution in [0.1, 0.15) is 26.2 Å². The smallest absolute Gasteiger partial charge is 0.0709 e. The summed E-state index contributed by atoms with van der Waals surface area (Å²) in [5.41, 5.74) is 5.67. The fraction of sp³-hybridized carbons (Fsp3) is 1.00. The van der Waals surface area contributed by atoms with E-state index in [4.69, 9.17) is 15.2 Å². The normalized spacial score (nSPS) is 18.0. The summed E-state index contributed by atoms with van der Waals surface area (Å²) in [6, 6.07) is 0.787. The van der Waals surface area contributed by atoms with Crippen LogP contribution in [0.3, 0.4) is 0 Å². The maximum Gasteiger partial charge on any atom is 0.0709 e. The zero-order valence-corrected chi connectivity index (χ0v) is 10.7. The van der Waals surface area contributed by atoms with Gasteiger partial charge < -0.3 is 15.2 Å². The van der Waals surface area contributed by atoms with Crippen molar-refractivity contribution in [2.45, 2.75) is 38.3 Å². The summed E-state index contributed by atoms with van der Waals surface area (Å²) < 4.78 is 10.7. The van der Waals surface area contributed by atoms with Crippen LogP contribution in [0, 0.1) is 0 Å². The van der Waals surface area contributed by atoms with Crippen molar-refractivity contribution < 1.29 is 9.47 Å². The minimum absolute atomic E-state index is 0.216. The highest BCUT2D eigenvalue weighted by Gasteiger charge is 2.28. The molecule has 0 bridgehead atoms. The van der Waals surface area contributed by atoms with Crippen molar-refractivity contribution in [1.29, 1.82) is 0 Å². The van der Waals surface area contributed by atoms with Gasteiger partial charge in [-0.25, -0.2) is 0 Å². The molecule has 1 unspecified atom stereocenters. The van der Waals surface area contributed by atoms with Crippen molar-refractivity contribution in [3.8, 4) is 0 Å². The molecule has 1 atom stereocenters. The lowest BCUT2D eigenvalue weighted by Gasteiger charge is -2.24. The van der Waals surface area contributed by atoms with Crippen molar-refractivity contribution >= 4 is 0 Å². The van der Waals surface area contributed by atoms with Crippen molar-refractivity contribution in [1.82, 2.24) is 4.90 Å². The van der Waals surface area contributed by atoms with Crippen LogP contribution in [-0.4, -0.2) is 57.0 Å². The van der Waals surface area contributed by atoms with Crippen molar-refractivity contribution in [3.05, 3.63) is 0 Å². The summed E-state index contributed by atoms with van der Waals surface area (Å²) in [7, 11) is 1.76. The van der Waals surface area contributed by atoms with Crippen molar-refractivity contribution in [2.75, 3.05) is 40.0 Å². The molecule has 16 heavy (non-hydrogen) atoms. The maximum atomic E-state index is 5.67. The van der Waals surface area contributed by atoms with Gasteiger partial charge in [0, 0.05) is 39.4 Å². The van der Waals surface area contributed by atoms with Crippen LogP contribution in [0.15, 0.2) is 0 Å². The van der Waals surface area contributed by atoms with Crippen LogP contribution in [0.5, 0.6) is 0 Å². The molecule has 1 rings (SSSR count). The first-order valence-corrected chi connectivity index (χ1v) is 6.36. The minimum Gasteiger partial charge on any atom is -0.383 e. The fourth-order valence-electron chi connectivity index (χ4n) is 1.94. The van der Waals surface area contributed by atoms with Gasteiger partial charge >= 0.3 is 0 Å². The van der Waals surface area contributed by atoms with Crippen LogP contribution in [0.25, 0.3) is 0 Å². The topological polar surface area (TPSA) is 47.7 Å². The molecule has 4 heteroatoms. The number of rotatable bonds is 10. The Morgan fingerprint density at radius 1 is 1.38 bits per heavy atom. The molecule has 4 nitrogen and oxygen atoms in total. The van der Waals surface area contributed by atoms with Gasteiger partial charge in [0.25, 0.3) is 0 Å². The molecule has 0 saturated heterocycles. The Morgan fingerprint density at radius 2 is 2.12 bits per heavy atom. The highest BCUT2D eigenvalue weighted by atomic mass is 16.5. The molecule has 1 aliphatic rings. The van der Waals surface area contributed by atoms with Crippen LogP contribution >= 0.6 is 0 Å². The molecule has 0 aromatic heterocycles. The predicted molar refractivity (Wildman–Crippen MR) is 65.6 cm³/mol. The summed E-state index contributed by atoms with van der Waals surface area (Å²) in [5.74, 6) is 0. The number of ether oxygens (including phenoxy) is 2. The van der Waals surface area contributed by atoms with Gasteiger partial charge in [0.05, 0.1) is 12.7 Å².